The summed E-state index contributed by atoms with van der Waals surface area (Å²) in [5.41, 5.74) is 0. The molecule has 88 valence electrons. The average molecular weight is 230 g/mol. The minimum atomic E-state index is -0.607. The molecular formula is C12H22O2S. The van der Waals surface area contributed by atoms with Crippen molar-refractivity contribution in [1.82, 2.24) is 0 Å². The molecule has 1 rings (SSSR count). The number of hydrogen-bond acceptors (Lipinski definition) is 2. The Morgan fingerprint density at radius 1 is 1.13 bits per heavy atom. The van der Waals surface area contributed by atoms with Crippen LogP contribution >= 0.6 is 11.8 Å². The second-order valence-corrected chi connectivity index (χ2v) is 7.64. The lowest BCUT2D eigenvalue weighted by atomic mass is 9.99. The van der Waals surface area contributed by atoms with Gasteiger partial charge in [-0.05, 0) is 12.8 Å². The minimum absolute atomic E-state index is 0.0305. The van der Waals surface area contributed by atoms with Crippen LogP contribution in [0.1, 0.15) is 59.3 Å². The molecule has 15 heavy (non-hydrogen) atoms. The van der Waals surface area contributed by atoms with Gasteiger partial charge in [0.15, 0.2) is 0 Å². The first-order valence-corrected chi connectivity index (χ1v) is 6.61. The smallest absolute Gasteiger partial charge is 0.319 e. The molecule has 0 spiro atoms. The van der Waals surface area contributed by atoms with E-state index in [2.05, 4.69) is 20.8 Å². The van der Waals surface area contributed by atoms with Crippen molar-refractivity contribution in [3.63, 3.8) is 0 Å². The molecule has 0 bridgehead atoms. The first kappa shape index (κ1) is 12.9. The summed E-state index contributed by atoms with van der Waals surface area (Å²) in [5, 5.41) is 9.46. The average Bonchev–Trinajstić information content (AvgIpc) is 2.28. The Kier molecular flexibility index (Phi) is 4.10. The molecule has 2 nitrogen and oxygen atoms in total. The second kappa shape index (κ2) is 4.77. The molecule has 0 radical (unpaired) electrons. The molecule has 1 saturated carbocycles. The van der Waals surface area contributed by atoms with Crippen LogP contribution in [0, 0.1) is 0 Å². The maximum Gasteiger partial charge on any atom is 0.319 e. The van der Waals surface area contributed by atoms with Crippen molar-refractivity contribution in [1.29, 1.82) is 0 Å². The topological polar surface area (TPSA) is 37.3 Å². The minimum Gasteiger partial charge on any atom is -0.480 e. The molecule has 0 unspecified atom stereocenters. The van der Waals surface area contributed by atoms with Gasteiger partial charge in [-0.2, -0.15) is 0 Å². The van der Waals surface area contributed by atoms with Gasteiger partial charge in [0.1, 0.15) is 4.75 Å². The fourth-order valence-corrected chi connectivity index (χ4v) is 4.00. The molecular weight excluding hydrogens is 208 g/mol. The molecule has 0 aromatic rings. The number of thioether (sulfide) groups is 1. The highest BCUT2D eigenvalue weighted by Gasteiger charge is 2.42. The van der Waals surface area contributed by atoms with E-state index < -0.39 is 10.7 Å². The first-order chi connectivity index (χ1) is 6.86. The molecule has 3 heteroatoms. The maximum absolute atomic E-state index is 11.5. The van der Waals surface area contributed by atoms with E-state index >= 15 is 0 Å². The number of hydrogen-bond donors (Lipinski definition) is 1. The molecule has 0 atom stereocenters. The number of carbonyl (C=O) groups is 1. The Balaban J connectivity index is 2.81. The fraction of sp³-hybridized carbons (Fsp3) is 0.917. The van der Waals surface area contributed by atoms with Crippen molar-refractivity contribution in [3.05, 3.63) is 0 Å². The van der Waals surface area contributed by atoms with Crippen LogP contribution in [-0.4, -0.2) is 20.6 Å². The third-order valence-corrected chi connectivity index (χ3v) is 4.39. The van der Waals surface area contributed by atoms with E-state index in [4.69, 9.17) is 0 Å². The largest absolute Gasteiger partial charge is 0.480 e. The van der Waals surface area contributed by atoms with Crippen molar-refractivity contribution in [2.45, 2.75) is 68.8 Å². The lowest BCUT2D eigenvalue weighted by molar-refractivity contribution is -0.140. The number of rotatable bonds is 2. The molecule has 1 fully saturated rings. The van der Waals surface area contributed by atoms with Gasteiger partial charge in [0.25, 0.3) is 0 Å². The zero-order chi connectivity index (χ0) is 11.5. The highest BCUT2D eigenvalue weighted by atomic mass is 32.2. The Labute approximate surface area is 96.8 Å². The van der Waals surface area contributed by atoms with Gasteiger partial charge < -0.3 is 5.11 Å². The van der Waals surface area contributed by atoms with Gasteiger partial charge in [0.05, 0.1) is 0 Å². The highest BCUT2D eigenvalue weighted by molar-refractivity contribution is 8.02. The number of carboxylic acid groups (broad SMARTS) is 1. The van der Waals surface area contributed by atoms with Crippen LogP contribution in [-0.2, 0) is 4.79 Å². The standard InChI is InChI=1S/C12H22O2S/c1-11(2,3)15-12(10(13)14)8-6-4-5-7-9-12/h4-9H2,1-3H3,(H,13,14). The lowest BCUT2D eigenvalue weighted by Crippen LogP contribution is -2.38. The Hall–Kier alpha value is -0.180. The predicted octanol–water partition coefficient (Wildman–Crippen LogP) is 3.70. The van der Waals surface area contributed by atoms with Gasteiger partial charge >= 0.3 is 5.97 Å². The normalized spacial score (nSPS) is 22.1. The Morgan fingerprint density at radius 3 is 1.93 bits per heavy atom. The van der Waals surface area contributed by atoms with E-state index in [0.29, 0.717) is 0 Å². The van der Waals surface area contributed by atoms with Crippen molar-refractivity contribution >= 4 is 17.7 Å². The summed E-state index contributed by atoms with van der Waals surface area (Å²) >= 11 is 1.65. The van der Waals surface area contributed by atoms with Gasteiger partial charge in [-0.15, -0.1) is 11.8 Å². The Bertz CT molecular complexity index is 222. The van der Waals surface area contributed by atoms with E-state index in [-0.39, 0.29) is 4.75 Å². The summed E-state index contributed by atoms with van der Waals surface area (Å²) in [5.74, 6) is -0.607. The van der Waals surface area contributed by atoms with Crippen molar-refractivity contribution < 1.29 is 9.90 Å². The molecule has 0 aromatic heterocycles. The zero-order valence-corrected chi connectivity index (χ0v) is 10.8. The molecule has 0 saturated heterocycles. The van der Waals surface area contributed by atoms with Crippen LogP contribution in [0.25, 0.3) is 0 Å². The van der Waals surface area contributed by atoms with Gasteiger partial charge in [-0.1, -0.05) is 46.5 Å². The van der Waals surface area contributed by atoms with Gasteiger partial charge in [0.2, 0.25) is 0 Å². The maximum atomic E-state index is 11.5. The molecule has 0 aromatic carbocycles. The SMILES string of the molecule is CC(C)(C)SC1(C(=O)O)CCCCCC1. The molecule has 0 amide bonds. The van der Waals surface area contributed by atoms with E-state index in [1.807, 2.05) is 0 Å². The Morgan fingerprint density at radius 2 is 1.60 bits per heavy atom. The second-order valence-electron chi connectivity index (χ2n) is 5.43. The predicted molar refractivity (Wildman–Crippen MR) is 65.4 cm³/mol. The van der Waals surface area contributed by atoms with Crippen LogP contribution in [0.2, 0.25) is 0 Å². The number of aliphatic carboxylic acids is 1. The van der Waals surface area contributed by atoms with Gasteiger partial charge in [-0.3, -0.25) is 4.79 Å². The molecule has 0 aliphatic heterocycles. The summed E-state index contributed by atoms with van der Waals surface area (Å²) in [4.78, 5) is 11.5. The third kappa shape index (κ3) is 3.71. The van der Waals surface area contributed by atoms with E-state index in [1.165, 1.54) is 12.8 Å². The highest BCUT2D eigenvalue weighted by Crippen LogP contribution is 2.45. The van der Waals surface area contributed by atoms with E-state index in [0.717, 1.165) is 25.7 Å². The van der Waals surface area contributed by atoms with Crippen molar-refractivity contribution in [3.8, 4) is 0 Å². The molecule has 1 aliphatic rings. The summed E-state index contributed by atoms with van der Waals surface area (Å²) in [6.07, 6.45) is 6.19. The monoisotopic (exact) mass is 230 g/mol. The van der Waals surface area contributed by atoms with Crippen LogP contribution < -0.4 is 0 Å². The van der Waals surface area contributed by atoms with Crippen LogP contribution in [0.5, 0.6) is 0 Å². The van der Waals surface area contributed by atoms with Gasteiger partial charge in [0, 0.05) is 4.75 Å². The number of carboxylic acids is 1. The van der Waals surface area contributed by atoms with Gasteiger partial charge in [-0.25, -0.2) is 0 Å². The quantitative estimate of drug-likeness (QED) is 0.735. The molecule has 1 aliphatic carbocycles. The summed E-state index contributed by atoms with van der Waals surface area (Å²) in [6.45, 7) is 6.31. The summed E-state index contributed by atoms with van der Waals surface area (Å²) in [7, 11) is 0. The third-order valence-electron chi connectivity index (χ3n) is 2.80. The van der Waals surface area contributed by atoms with E-state index in [9.17, 15) is 9.90 Å². The molecule has 0 heterocycles. The van der Waals surface area contributed by atoms with Crippen molar-refractivity contribution in [2.24, 2.45) is 0 Å². The van der Waals surface area contributed by atoms with Crippen LogP contribution in [0.15, 0.2) is 0 Å². The summed E-state index contributed by atoms with van der Waals surface area (Å²) < 4.78 is -0.489. The lowest BCUT2D eigenvalue weighted by Gasteiger charge is -2.34. The van der Waals surface area contributed by atoms with Crippen LogP contribution in [0.3, 0.4) is 0 Å². The van der Waals surface area contributed by atoms with Crippen molar-refractivity contribution in [2.75, 3.05) is 0 Å². The first-order valence-electron chi connectivity index (χ1n) is 5.79. The summed E-state index contributed by atoms with van der Waals surface area (Å²) in [6, 6.07) is 0. The van der Waals surface area contributed by atoms with Crippen LogP contribution in [0.4, 0.5) is 0 Å². The zero-order valence-electron chi connectivity index (χ0n) is 10.0. The molecule has 1 N–H and O–H groups in total. The van der Waals surface area contributed by atoms with E-state index in [1.54, 1.807) is 11.8 Å². The fourth-order valence-electron chi connectivity index (χ4n) is 2.25.